The van der Waals surface area contributed by atoms with Crippen molar-refractivity contribution in [3.63, 3.8) is 0 Å². The summed E-state index contributed by atoms with van der Waals surface area (Å²) in [5, 5.41) is 8.36. The van der Waals surface area contributed by atoms with Crippen LogP contribution in [0.25, 0.3) is 17.6 Å². The molecule has 6 heteroatoms. The van der Waals surface area contributed by atoms with E-state index >= 15 is 0 Å². The van der Waals surface area contributed by atoms with Gasteiger partial charge in [0.1, 0.15) is 6.33 Å². The van der Waals surface area contributed by atoms with E-state index in [1.54, 1.807) is 23.3 Å². The zero-order valence-electron chi connectivity index (χ0n) is 15.3. The van der Waals surface area contributed by atoms with Crippen molar-refractivity contribution in [1.29, 1.82) is 0 Å². The van der Waals surface area contributed by atoms with Gasteiger partial charge in [-0.2, -0.15) is 0 Å². The monoisotopic (exact) mass is 339 g/mol. The van der Waals surface area contributed by atoms with Crippen LogP contribution in [0, 0.1) is 13.8 Å². The SMILES string of the molecule is Cc1cc(C)cc(-c2ncn(/C=C\C(=O)N3CCCN3C(C)C)n2)c1. The van der Waals surface area contributed by atoms with Gasteiger partial charge in [0.05, 0.1) is 0 Å². The van der Waals surface area contributed by atoms with Gasteiger partial charge in [-0.05, 0) is 46.2 Å². The molecule has 2 heterocycles. The number of carbonyl (C=O) groups is 1. The molecular weight excluding hydrogens is 314 g/mol. The number of aryl methyl sites for hydroxylation is 2. The van der Waals surface area contributed by atoms with Crippen LogP contribution in [0.15, 0.2) is 30.6 Å². The molecule has 1 amide bonds. The van der Waals surface area contributed by atoms with Crippen molar-refractivity contribution in [1.82, 2.24) is 24.8 Å². The number of aromatic nitrogens is 3. The summed E-state index contributed by atoms with van der Waals surface area (Å²) in [7, 11) is 0. The van der Waals surface area contributed by atoms with Gasteiger partial charge in [0.25, 0.3) is 5.91 Å². The molecule has 0 bridgehead atoms. The van der Waals surface area contributed by atoms with E-state index in [0.29, 0.717) is 11.9 Å². The molecule has 1 fully saturated rings. The summed E-state index contributed by atoms with van der Waals surface area (Å²) in [6.07, 6.45) is 5.86. The molecule has 1 aliphatic rings. The largest absolute Gasteiger partial charge is 0.271 e. The number of nitrogens with zero attached hydrogens (tertiary/aromatic N) is 5. The Hall–Kier alpha value is -2.47. The highest BCUT2D eigenvalue weighted by molar-refractivity contribution is 5.89. The predicted molar refractivity (Wildman–Crippen MR) is 98.4 cm³/mol. The van der Waals surface area contributed by atoms with E-state index in [9.17, 15) is 4.79 Å². The number of amides is 1. The molecule has 25 heavy (non-hydrogen) atoms. The fourth-order valence-corrected chi connectivity index (χ4v) is 3.21. The first-order valence-electron chi connectivity index (χ1n) is 8.70. The average molecular weight is 339 g/mol. The first kappa shape index (κ1) is 17.4. The first-order valence-corrected chi connectivity index (χ1v) is 8.70. The number of hydrazine groups is 1. The summed E-state index contributed by atoms with van der Waals surface area (Å²) in [4.78, 5) is 16.8. The standard InChI is InChI=1S/C19H25N5O/c1-14(2)23-7-5-8-24(23)18(25)6-9-22-13-20-19(21-22)17-11-15(3)10-16(4)12-17/h6,9-14H,5,7-8H2,1-4H3/b9-6-. The van der Waals surface area contributed by atoms with Crippen LogP contribution in [0.5, 0.6) is 0 Å². The van der Waals surface area contributed by atoms with Crippen molar-refractivity contribution in [2.45, 2.75) is 40.2 Å². The van der Waals surface area contributed by atoms with Crippen LogP contribution in [-0.4, -0.2) is 49.8 Å². The third kappa shape index (κ3) is 3.96. The smallest absolute Gasteiger partial charge is 0.262 e. The Bertz CT molecular complexity index is 773. The molecule has 2 aromatic rings. The summed E-state index contributed by atoms with van der Waals surface area (Å²) in [6, 6.07) is 6.57. The number of carbonyl (C=O) groups excluding carboxylic acids is 1. The Kier molecular flexibility index (Phi) is 4.99. The van der Waals surface area contributed by atoms with Gasteiger partial charge in [0.2, 0.25) is 0 Å². The lowest BCUT2D eigenvalue weighted by molar-refractivity contribution is -0.140. The Morgan fingerprint density at radius 2 is 1.88 bits per heavy atom. The lowest BCUT2D eigenvalue weighted by Crippen LogP contribution is -2.44. The van der Waals surface area contributed by atoms with Gasteiger partial charge in [-0.1, -0.05) is 17.2 Å². The molecule has 0 unspecified atom stereocenters. The highest BCUT2D eigenvalue weighted by Gasteiger charge is 2.26. The van der Waals surface area contributed by atoms with E-state index in [2.05, 4.69) is 61.0 Å². The topological polar surface area (TPSA) is 54.3 Å². The second-order valence-corrected chi connectivity index (χ2v) is 6.81. The number of benzene rings is 1. The maximum absolute atomic E-state index is 12.4. The normalized spacial score (nSPS) is 15.6. The molecule has 0 aliphatic carbocycles. The van der Waals surface area contributed by atoms with E-state index in [4.69, 9.17) is 0 Å². The minimum Gasteiger partial charge on any atom is -0.271 e. The summed E-state index contributed by atoms with van der Waals surface area (Å²) in [5.74, 6) is 0.642. The number of rotatable bonds is 4. The first-order chi connectivity index (χ1) is 11.9. The molecule has 1 aromatic carbocycles. The van der Waals surface area contributed by atoms with Gasteiger partial charge < -0.3 is 0 Å². The molecule has 1 aromatic heterocycles. The molecule has 0 spiro atoms. The minimum atomic E-state index is -0.0188. The maximum Gasteiger partial charge on any atom is 0.262 e. The van der Waals surface area contributed by atoms with Gasteiger partial charge in [-0.25, -0.2) is 14.7 Å². The Morgan fingerprint density at radius 3 is 2.56 bits per heavy atom. The molecule has 0 saturated carbocycles. The van der Waals surface area contributed by atoms with Crippen LogP contribution in [-0.2, 0) is 4.79 Å². The minimum absolute atomic E-state index is 0.0188. The van der Waals surface area contributed by atoms with Gasteiger partial charge in [-0.3, -0.25) is 9.80 Å². The van der Waals surface area contributed by atoms with E-state index in [0.717, 1.165) is 25.1 Å². The lowest BCUT2D eigenvalue weighted by Gasteiger charge is -2.30. The molecule has 1 aliphatic heterocycles. The highest BCUT2D eigenvalue weighted by Crippen LogP contribution is 2.18. The van der Waals surface area contributed by atoms with E-state index in [1.807, 2.05) is 5.01 Å². The molecule has 0 N–H and O–H groups in total. The number of hydrogen-bond donors (Lipinski definition) is 0. The predicted octanol–water partition coefficient (Wildman–Crippen LogP) is 2.89. The van der Waals surface area contributed by atoms with Crippen molar-refractivity contribution < 1.29 is 4.79 Å². The molecule has 0 atom stereocenters. The molecule has 6 nitrogen and oxygen atoms in total. The summed E-state index contributed by atoms with van der Waals surface area (Å²) < 4.78 is 1.58. The number of hydrogen-bond acceptors (Lipinski definition) is 4. The fourth-order valence-electron chi connectivity index (χ4n) is 3.21. The summed E-state index contributed by atoms with van der Waals surface area (Å²) in [6.45, 7) is 10.0. The van der Waals surface area contributed by atoms with Crippen molar-refractivity contribution >= 4 is 12.1 Å². The third-order valence-corrected chi connectivity index (χ3v) is 4.28. The average Bonchev–Trinajstić information content (AvgIpc) is 3.21. The Balaban J connectivity index is 1.72. The van der Waals surface area contributed by atoms with Crippen LogP contribution in [0.1, 0.15) is 31.4 Å². The molecule has 3 rings (SSSR count). The van der Waals surface area contributed by atoms with Crippen molar-refractivity contribution in [3.05, 3.63) is 41.7 Å². The van der Waals surface area contributed by atoms with E-state index in [-0.39, 0.29) is 5.91 Å². The Labute approximate surface area is 148 Å². The summed E-state index contributed by atoms with van der Waals surface area (Å²) in [5.41, 5.74) is 3.35. The molecule has 132 valence electrons. The molecular formula is C19H25N5O. The highest BCUT2D eigenvalue weighted by atomic mass is 16.2. The van der Waals surface area contributed by atoms with Gasteiger partial charge >= 0.3 is 0 Å². The van der Waals surface area contributed by atoms with Crippen molar-refractivity contribution in [2.24, 2.45) is 0 Å². The van der Waals surface area contributed by atoms with Gasteiger partial charge in [0, 0.05) is 37.0 Å². The van der Waals surface area contributed by atoms with E-state index < -0.39 is 0 Å². The zero-order chi connectivity index (χ0) is 18.0. The van der Waals surface area contributed by atoms with Crippen molar-refractivity contribution in [3.8, 4) is 11.4 Å². The maximum atomic E-state index is 12.4. The fraction of sp³-hybridized carbons (Fsp3) is 0.421. The Morgan fingerprint density at radius 1 is 1.16 bits per heavy atom. The molecule has 0 radical (unpaired) electrons. The van der Waals surface area contributed by atoms with Gasteiger partial charge in [0.15, 0.2) is 5.82 Å². The van der Waals surface area contributed by atoms with Crippen LogP contribution in [0.2, 0.25) is 0 Å². The van der Waals surface area contributed by atoms with Crippen molar-refractivity contribution in [2.75, 3.05) is 13.1 Å². The van der Waals surface area contributed by atoms with Crippen LogP contribution < -0.4 is 0 Å². The third-order valence-electron chi connectivity index (χ3n) is 4.28. The summed E-state index contributed by atoms with van der Waals surface area (Å²) >= 11 is 0. The molecule has 1 saturated heterocycles. The zero-order valence-corrected chi connectivity index (χ0v) is 15.3. The second kappa shape index (κ2) is 7.19. The second-order valence-electron chi connectivity index (χ2n) is 6.81. The quantitative estimate of drug-likeness (QED) is 0.804. The van der Waals surface area contributed by atoms with Crippen LogP contribution in [0.4, 0.5) is 0 Å². The van der Waals surface area contributed by atoms with Crippen LogP contribution >= 0.6 is 0 Å². The van der Waals surface area contributed by atoms with E-state index in [1.165, 1.54) is 11.1 Å². The lowest BCUT2D eigenvalue weighted by atomic mass is 10.1. The van der Waals surface area contributed by atoms with Crippen LogP contribution in [0.3, 0.4) is 0 Å². The van der Waals surface area contributed by atoms with Gasteiger partial charge in [-0.15, -0.1) is 5.10 Å².